The number of benzene rings is 1. The van der Waals surface area contributed by atoms with Gasteiger partial charge >= 0.3 is 0 Å². The zero-order chi connectivity index (χ0) is 15.9. The molecule has 0 saturated carbocycles. The summed E-state index contributed by atoms with van der Waals surface area (Å²) in [5.74, 6) is 0.834. The molecule has 0 saturated heterocycles. The molecule has 5 heteroatoms. The SMILES string of the molecule is CCOc1ccccc1C(=O)N[C@H](C)C[C@@H](O)c1ccco1. The second-order valence-corrected chi connectivity index (χ2v) is 5.07. The van der Waals surface area contributed by atoms with Gasteiger partial charge in [0, 0.05) is 12.5 Å². The summed E-state index contributed by atoms with van der Waals surface area (Å²) in [6.07, 6.45) is 1.14. The molecule has 0 fully saturated rings. The van der Waals surface area contributed by atoms with Crippen molar-refractivity contribution in [2.24, 2.45) is 0 Å². The molecule has 0 radical (unpaired) electrons. The second kappa shape index (κ2) is 7.66. The molecule has 0 aliphatic rings. The monoisotopic (exact) mass is 303 g/mol. The first kappa shape index (κ1) is 16.1. The minimum atomic E-state index is -0.743. The van der Waals surface area contributed by atoms with E-state index in [9.17, 15) is 9.90 Å². The van der Waals surface area contributed by atoms with E-state index in [1.807, 2.05) is 19.9 Å². The molecule has 0 unspecified atom stereocenters. The Bertz CT molecular complexity index is 594. The number of nitrogens with one attached hydrogen (secondary N) is 1. The van der Waals surface area contributed by atoms with Gasteiger partial charge in [-0.25, -0.2) is 0 Å². The Morgan fingerprint density at radius 1 is 1.32 bits per heavy atom. The highest BCUT2D eigenvalue weighted by Crippen LogP contribution is 2.20. The third-order valence-corrected chi connectivity index (χ3v) is 3.26. The Kier molecular flexibility index (Phi) is 5.61. The van der Waals surface area contributed by atoms with Gasteiger partial charge in [0.25, 0.3) is 5.91 Å². The van der Waals surface area contributed by atoms with Gasteiger partial charge in [-0.2, -0.15) is 0 Å². The molecule has 2 rings (SSSR count). The fourth-order valence-corrected chi connectivity index (χ4v) is 2.23. The van der Waals surface area contributed by atoms with Crippen molar-refractivity contribution in [3.63, 3.8) is 0 Å². The highest BCUT2D eigenvalue weighted by molar-refractivity contribution is 5.97. The van der Waals surface area contributed by atoms with E-state index >= 15 is 0 Å². The summed E-state index contributed by atoms with van der Waals surface area (Å²) in [6.45, 7) is 4.21. The van der Waals surface area contributed by atoms with Crippen LogP contribution >= 0.6 is 0 Å². The molecule has 5 nitrogen and oxygen atoms in total. The molecular weight excluding hydrogens is 282 g/mol. The van der Waals surface area contributed by atoms with Gasteiger partial charge in [0.15, 0.2) is 0 Å². The number of para-hydroxylation sites is 1. The van der Waals surface area contributed by atoms with Crippen LogP contribution in [0.4, 0.5) is 0 Å². The average Bonchev–Trinajstić information content (AvgIpc) is 3.02. The zero-order valence-corrected chi connectivity index (χ0v) is 12.8. The lowest BCUT2D eigenvalue weighted by Gasteiger charge is -2.17. The van der Waals surface area contributed by atoms with Crippen molar-refractivity contribution in [3.8, 4) is 5.75 Å². The molecule has 2 atom stereocenters. The largest absolute Gasteiger partial charge is 0.493 e. The van der Waals surface area contributed by atoms with Gasteiger partial charge in [0.2, 0.25) is 0 Å². The third kappa shape index (κ3) is 4.11. The maximum Gasteiger partial charge on any atom is 0.255 e. The minimum absolute atomic E-state index is 0.206. The maximum atomic E-state index is 12.3. The van der Waals surface area contributed by atoms with E-state index in [-0.39, 0.29) is 11.9 Å². The van der Waals surface area contributed by atoms with Crippen LogP contribution in [0.1, 0.15) is 42.5 Å². The van der Waals surface area contributed by atoms with Crippen LogP contribution in [-0.2, 0) is 0 Å². The van der Waals surface area contributed by atoms with Crippen LogP contribution in [0.2, 0.25) is 0 Å². The Morgan fingerprint density at radius 2 is 2.09 bits per heavy atom. The quantitative estimate of drug-likeness (QED) is 0.825. The Morgan fingerprint density at radius 3 is 2.77 bits per heavy atom. The van der Waals surface area contributed by atoms with Crippen molar-refractivity contribution in [3.05, 3.63) is 54.0 Å². The fourth-order valence-electron chi connectivity index (χ4n) is 2.23. The summed E-state index contributed by atoms with van der Waals surface area (Å²) in [5, 5.41) is 12.9. The lowest BCUT2D eigenvalue weighted by Crippen LogP contribution is -2.34. The highest BCUT2D eigenvalue weighted by atomic mass is 16.5. The molecule has 1 aromatic carbocycles. The predicted octanol–water partition coefficient (Wildman–Crippen LogP) is 2.92. The molecule has 0 bridgehead atoms. The zero-order valence-electron chi connectivity index (χ0n) is 12.8. The molecule has 118 valence electrons. The highest BCUT2D eigenvalue weighted by Gasteiger charge is 2.18. The lowest BCUT2D eigenvalue weighted by atomic mass is 10.1. The minimum Gasteiger partial charge on any atom is -0.493 e. The summed E-state index contributed by atoms with van der Waals surface area (Å²) in [6, 6.07) is 10.3. The fraction of sp³-hybridized carbons (Fsp3) is 0.353. The average molecular weight is 303 g/mol. The van der Waals surface area contributed by atoms with Gasteiger partial charge in [-0.05, 0) is 38.1 Å². The van der Waals surface area contributed by atoms with Crippen molar-refractivity contribution in [1.29, 1.82) is 0 Å². The van der Waals surface area contributed by atoms with Gasteiger partial charge in [0.1, 0.15) is 17.6 Å². The number of aliphatic hydroxyl groups excluding tert-OH is 1. The normalized spacial score (nSPS) is 13.4. The molecule has 1 aromatic heterocycles. The molecule has 2 aromatic rings. The van der Waals surface area contributed by atoms with E-state index in [4.69, 9.17) is 9.15 Å². The summed E-state index contributed by atoms with van der Waals surface area (Å²) in [7, 11) is 0. The summed E-state index contributed by atoms with van der Waals surface area (Å²) < 4.78 is 10.6. The van der Waals surface area contributed by atoms with E-state index in [1.165, 1.54) is 6.26 Å². The van der Waals surface area contributed by atoms with Gasteiger partial charge in [-0.3, -0.25) is 4.79 Å². The number of furan rings is 1. The summed E-state index contributed by atoms with van der Waals surface area (Å²) in [5.41, 5.74) is 0.490. The van der Waals surface area contributed by atoms with Crippen LogP contribution < -0.4 is 10.1 Å². The molecular formula is C17H21NO4. The molecule has 22 heavy (non-hydrogen) atoms. The number of aliphatic hydroxyl groups is 1. The number of rotatable bonds is 7. The lowest BCUT2D eigenvalue weighted by molar-refractivity contribution is 0.0899. The smallest absolute Gasteiger partial charge is 0.255 e. The van der Waals surface area contributed by atoms with Crippen LogP contribution in [0.5, 0.6) is 5.75 Å². The molecule has 2 N–H and O–H groups in total. The van der Waals surface area contributed by atoms with E-state index in [1.54, 1.807) is 30.3 Å². The number of carbonyl (C=O) groups excluding carboxylic acids is 1. The Balaban J connectivity index is 1.96. The van der Waals surface area contributed by atoms with Crippen molar-refractivity contribution in [2.45, 2.75) is 32.4 Å². The third-order valence-electron chi connectivity index (χ3n) is 3.26. The first-order chi connectivity index (χ1) is 10.6. The maximum absolute atomic E-state index is 12.3. The van der Waals surface area contributed by atoms with Gasteiger partial charge < -0.3 is 19.6 Å². The molecule has 0 aliphatic heterocycles. The summed E-state index contributed by atoms with van der Waals surface area (Å²) in [4.78, 5) is 12.3. The topological polar surface area (TPSA) is 71.7 Å². The number of carbonyl (C=O) groups is 1. The molecule has 0 spiro atoms. The van der Waals surface area contributed by atoms with E-state index in [0.29, 0.717) is 30.1 Å². The summed E-state index contributed by atoms with van der Waals surface area (Å²) >= 11 is 0. The molecule has 0 aliphatic carbocycles. The van der Waals surface area contributed by atoms with Crippen LogP contribution in [0.3, 0.4) is 0 Å². The van der Waals surface area contributed by atoms with Crippen molar-refractivity contribution >= 4 is 5.91 Å². The van der Waals surface area contributed by atoms with Gasteiger partial charge in [-0.15, -0.1) is 0 Å². The van der Waals surface area contributed by atoms with Crippen LogP contribution in [0, 0.1) is 0 Å². The Hall–Kier alpha value is -2.27. The van der Waals surface area contributed by atoms with Crippen LogP contribution in [0.15, 0.2) is 47.1 Å². The number of ether oxygens (including phenoxy) is 1. The predicted molar refractivity (Wildman–Crippen MR) is 82.8 cm³/mol. The van der Waals surface area contributed by atoms with Crippen molar-refractivity contribution in [1.82, 2.24) is 5.32 Å². The van der Waals surface area contributed by atoms with Gasteiger partial charge in [0.05, 0.1) is 18.4 Å². The van der Waals surface area contributed by atoms with E-state index in [2.05, 4.69) is 5.32 Å². The van der Waals surface area contributed by atoms with Crippen LogP contribution in [0.25, 0.3) is 0 Å². The number of hydrogen-bond donors (Lipinski definition) is 2. The Labute approximate surface area is 129 Å². The van der Waals surface area contributed by atoms with Crippen LogP contribution in [-0.4, -0.2) is 23.7 Å². The van der Waals surface area contributed by atoms with E-state index in [0.717, 1.165) is 0 Å². The number of hydrogen-bond acceptors (Lipinski definition) is 4. The molecule has 1 heterocycles. The standard InChI is InChI=1S/C17H21NO4/c1-3-21-15-8-5-4-7-13(15)17(20)18-12(2)11-14(19)16-9-6-10-22-16/h4-10,12,14,19H,3,11H2,1-2H3,(H,18,20)/t12-,14-/m1/s1. The van der Waals surface area contributed by atoms with Crippen molar-refractivity contribution < 1.29 is 19.1 Å². The first-order valence-corrected chi connectivity index (χ1v) is 7.36. The molecule has 1 amide bonds. The van der Waals surface area contributed by atoms with Crippen molar-refractivity contribution in [2.75, 3.05) is 6.61 Å². The first-order valence-electron chi connectivity index (χ1n) is 7.36. The number of amides is 1. The second-order valence-electron chi connectivity index (χ2n) is 5.07. The van der Waals surface area contributed by atoms with E-state index < -0.39 is 6.10 Å². The van der Waals surface area contributed by atoms with Gasteiger partial charge in [-0.1, -0.05) is 12.1 Å².